The zero-order valence-electron chi connectivity index (χ0n) is 28.5. The molecule has 0 aliphatic carbocycles. The van der Waals surface area contributed by atoms with Crippen LogP contribution in [0.3, 0.4) is 0 Å². The lowest BCUT2D eigenvalue weighted by molar-refractivity contribution is -0.161. The van der Waals surface area contributed by atoms with Crippen molar-refractivity contribution in [1.82, 2.24) is 0 Å². The Hall–Kier alpha value is -1.62. The Balaban J connectivity index is 3.56. The van der Waals surface area contributed by atoms with Gasteiger partial charge in [0.2, 0.25) is 0 Å². The van der Waals surface area contributed by atoms with E-state index in [0.29, 0.717) is 12.8 Å². The van der Waals surface area contributed by atoms with Crippen molar-refractivity contribution in [3.8, 4) is 0 Å². The second-order valence-electron chi connectivity index (χ2n) is 12.3. The number of rotatable bonds is 33. The topological polar surface area (TPSA) is 72.8 Å². The van der Waals surface area contributed by atoms with E-state index >= 15 is 0 Å². The standard InChI is InChI=1S/C38H70O5/c1-3-5-7-9-11-13-15-17-18-19-20-21-23-24-26-28-30-32-37(40)42-35-36(34-39)43-38(41)33-31-29-27-25-22-16-14-12-10-8-6-4-2/h11,13,17-18,36,39H,3-10,12,14-16,19-35H2,1-2H3/b13-11-,18-17-/t36-/m0/s1. The lowest BCUT2D eigenvalue weighted by atomic mass is 10.0. The summed E-state index contributed by atoms with van der Waals surface area (Å²) in [6, 6.07) is 0. The van der Waals surface area contributed by atoms with Gasteiger partial charge in [-0.2, -0.15) is 0 Å². The van der Waals surface area contributed by atoms with Crippen LogP contribution in [0.4, 0.5) is 0 Å². The molecular weight excluding hydrogens is 536 g/mol. The molecule has 0 saturated carbocycles. The summed E-state index contributed by atoms with van der Waals surface area (Å²) in [7, 11) is 0. The van der Waals surface area contributed by atoms with E-state index in [1.807, 2.05) is 0 Å². The van der Waals surface area contributed by atoms with Crippen LogP contribution in [0.1, 0.15) is 187 Å². The van der Waals surface area contributed by atoms with E-state index in [4.69, 9.17) is 9.47 Å². The van der Waals surface area contributed by atoms with Crippen molar-refractivity contribution in [1.29, 1.82) is 0 Å². The summed E-state index contributed by atoms with van der Waals surface area (Å²) < 4.78 is 10.6. The van der Waals surface area contributed by atoms with Crippen LogP contribution in [0, 0.1) is 0 Å². The fraction of sp³-hybridized carbons (Fsp3) is 0.842. The summed E-state index contributed by atoms with van der Waals surface area (Å²) in [6.45, 7) is 4.10. The maximum Gasteiger partial charge on any atom is 0.306 e. The molecule has 1 N–H and O–H groups in total. The van der Waals surface area contributed by atoms with Crippen molar-refractivity contribution in [2.45, 2.75) is 193 Å². The van der Waals surface area contributed by atoms with Crippen molar-refractivity contribution >= 4 is 11.9 Å². The zero-order valence-corrected chi connectivity index (χ0v) is 28.5. The first-order valence-corrected chi connectivity index (χ1v) is 18.4. The van der Waals surface area contributed by atoms with E-state index in [2.05, 4.69) is 38.2 Å². The first-order valence-electron chi connectivity index (χ1n) is 18.4. The van der Waals surface area contributed by atoms with Gasteiger partial charge in [0.05, 0.1) is 6.61 Å². The maximum atomic E-state index is 12.1. The van der Waals surface area contributed by atoms with Gasteiger partial charge in [-0.05, 0) is 44.9 Å². The fourth-order valence-corrected chi connectivity index (χ4v) is 5.17. The Labute approximate surface area is 266 Å². The van der Waals surface area contributed by atoms with Gasteiger partial charge in [-0.25, -0.2) is 0 Å². The number of hydrogen-bond donors (Lipinski definition) is 1. The molecule has 0 spiro atoms. The monoisotopic (exact) mass is 607 g/mol. The summed E-state index contributed by atoms with van der Waals surface area (Å²) in [5.41, 5.74) is 0. The second kappa shape index (κ2) is 34.9. The smallest absolute Gasteiger partial charge is 0.306 e. The van der Waals surface area contributed by atoms with Gasteiger partial charge in [-0.3, -0.25) is 9.59 Å². The molecule has 0 fully saturated rings. The molecule has 43 heavy (non-hydrogen) atoms. The molecule has 0 unspecified atom stereocenters. The van der Waals surface area contributed by atoms with Crippen molar-refractivity contribution in [2.24, 2.45) is 0 Å². The molecule has 0 aliphatic rings. The summed E-state index contributed by atoms with van der Waals surface area (Å²) in [4.78, 5) is 24.2. The minimum atomic E-state index is -0.768. The van der Waals surface area contributed by atoms with E-state index in [0.717, 1.165) is 44.9 Å². The number of unbranched alkanes of at least 4 members (excludes halogenated alkanes) is 21. The Morgan fingerprint density at radius 2 is 0.930 bits per heavy atom. The lowest BCUT2D eigenvalue weighted by Gasteiger charge is -2.15. The molecular formula is C38H70O5. The third kappa shape index (κ3) is 33.1. The number of carbonyl (C=O) groups is 2. The highest BCUT2D eigenvalue weighted by molar-refractivity contribution is 5.70. The van der Waals surface area contributed by atoms with Gasteiger partial charge >= 0.3 is 11.9 Å². The van der Waals surface area contributed by atoms with E-state index < -0.39 is 6.10 Å². The molecule has 0 rings (SSSR count). The van der Waals surface area contributed by atoms with Gasteiger partial charge in [0, 0.05) is 12.8 Å². The maximum absolute atomic E-state index is 12.1. The molecule has 0 bridgehead atoms. The first-order chi connectivity index (χ1) is 21.1. The van der Waals surface area contributed by atoms with E-state index in [-0.39, 0.29) is 25.2 Å². The molecule has 1 atom stereocenters. The summed E-state index contributed by atoms with van der Waals surface area (Å²) in [6.07, 6.45) is 39.4. The average molecular weight is 607 g/mol. The van der Waals surface area contributed by atoms with Crippen molar-refractivity contribution < 1.29 is 24.2 Å². The molecule has 0 aliphatic heterocycles. The minimum absolute atomic E-state index is 0.0663. The molecule has 0 saturated heterocycles. The predicted octanol–water partition coefficient (Wildman–Crippen LogP) is 11.1. The molecule has 0 aromatic rings. The number of aliphatic hydroxyl groups is 1. The largest absolute Gasteiger partial charge is 0.462 e. The number of allylic oxidation sites excluding steroid dienone is 4. The first kappa shape index (κ1) is 41.4. The highest BCUT2D eigenvalue weighted by atomic mass is 16.6. The molecule has 5 nitrogen and oxygen atoms in total. The molecule has 0 aromatic carbocycles. The van der Waals surface area contributed by atoms with Crippen LogP contribution in [-0.4, -0.2) is 36.4 Å². The lowest BCUT2D eigenvalue weighted by Crippen LogP contribution is -2.28. The third-order valence-electron chi connectivity index (χ3n) is 8.00. The van der Waals surface area contributed by atoms with Crippen molar-refractivity contribution in [3.05, 3.63) is 24.3 Å². The Bertz CT molecular complexity index is 657. The highest BCUT2D eigenvalue weighted by Gasteiger charge is 2.16. The number of carbonyl (C=O) groups excluding carboxylic acids is 2. The van der Waals surface area contributed by atoms with Gasteiger partial charge < -0.3 is 14.6 Å². The zero-order chi connectivity index (χ0) is 31.5. The third-order valence-corrected chi connectivity index (χ3v) is 8.00. The Morgan fingerprint density at radius 1 is 0.535 bits per heavy atom. The Morgan fingerprint density at radius 3 is 1.42 bits per heavy atom. The molecule has 0 aromatic heterocycles. The average Bonchev–Trinajstić information content (AvgIpc) is 3.01. The molecule has 5 heteroatoms. The number of hydrogen-bond acceptors (Lipinski definition) is 5. The van der Waals surface area contributed by atoms with Crippen LogP contribution in [0.15, 0.2) is 24.3 Å². The van der Waals surface area contributed by atoms with Crippen LogP contribution in [0.2, 0.25) is 0 Å². The summed E-state index contributed by atoms with van der Waals surface area (Å²) in [5.74, 6) is -0.596. The molecule has 0 amide bonds. The number of esters is 2. The minimum Gasteiger partial charge on any atom is -0.462 e. The second-order valence-corrected chi connectivity index (χ2v) is 12.3. The van der Waals surface area contributed by atoms with Gasteiger partial charge in [0.25, 0.3) is 0 Å². The van der Waals surface area contributed by atoms with Crippen LogP contribution in [0.5, 0.6) is 0 Å². The van der Waals surface area contributed by atoms with Crippen molar-refractivity contribution in [2.75, 3.05) is 13.2 Å². The number of ether oxygens (including phenoxy) is 2. The summed E-state index contributed by atoms with van der Waals surface area (Å²) in [5, 5.41) is 9.52. The fourth-order valence-electron chi connectivity index (χ4n) is 5.17. The molecule has 0 radical (unpaired) electrons. The SMILES string of the molecule is CCCCC/C=C\C/C=C\CCCCCCCCCC(=O)OC[C@H](CO)OC(=O)CCCCCCCCCCCCCC. The normalized spacial score (nSPS) is 12.3. The van der Waals surface area contributed by atoms with Gasteiger partial charge in [-0.15, -0.1) is 0 Å². The van der Waals surface area contributed by atoms with E-state index in [1.54, 1.807) is 0 Å². The highest BCUT2D eigenvalue weighted by Crippen LogP contribution is 2.14. The summed E-state index contributed by atoms with van der Waals surface area (Å²) >= 11 is 0. The molecule has 252 valence electrons. The van der Waals surface area contributed by atoms with Crippen LogP contribution in [0.25, 0.3) is 0 Å². The molecule has 0 heterocycles. The Kier molecular flexibility index (Phi) is 33.6. The van der Waals surface area contributed by atoms with Gasteiger partial charge in [0.15, 0.2) is 6.10 Å². The van der Waals surface area contributed by atoms with E-state index in [9.17, 15) is 14.7 Å². The van der Waals surface area contributed by atoms with Crippen molar-refractivity contribution in [3.63, 3.8) is 0 Å². The van der Waals surface area contributed by atoms with Crippen LogP contribution >= 0.6 is 0 Å². The predicted molar refractivity (Wildman–Crippen MR) is 182 cm³/mol. The van der Waals surface area contributed by atoms with Crippen LogP contribution in [-0.2, 0) is 19.1 Å². The van der Waals surface area contributed by atoms with Gasteiger partial charge in [-0.1, -0.05) is 154 Å². The quantitative estimate of drug-likeness (QED) is 0.0457. The number of aliphatic hydroxyl groups excluding tert-OH is 1. The van der Waals surface area contributed by atoms with Crippen LogP contribution < -0.4 is 0 Å². The van der Waals surface area contributed by atoms with Gasteiger partial charge in [0.1, 0.15) is 6.61 Å². The van der Waals surface area contributed by atoms with E-state index in [1.165, 1.54) is 116 Å².